The molecule has 0 amide bonds. The molecule has 0 aliphatic carbocycles. The Labute approximate surface area is 78.1 Å². The summed E-state index contributed by atoms with van der Waals surface area (Å²) in [5.74, 6) is 0.387. The highest BCUT2D eigenvalue weighted by molar-refractivity contribution is 7.91. The highest BCUT2D eigenvalue weighted by Gasteiger charge is 2.29. The van der Waals surface area contributed by atoms with Crippen molar-refractivity contribution in [2.24, 2.45) is 0 Å². The zero-order valence-electron chi connectivity index (χ0n) is 7.73. The Kier molecular flexibility index (Phi) is 2.98. The molecule has 1 rings (SSSR count). The second kappa shape index (κ2) is 3.67. The number of aliphatic hydroxyl groups excluding tert-OH is 1. The maximum Gasteiger partial charge on any atom is 0.153 e. The van der Waals surface area contributed by atoms with Crippen LogP contribution in [0.3, 0.4) is 0 Å². The standard InChI is InChI=1S/C8H14O4S/c1-6(13(2,10)11)8(9)7-4-3-5-12-7/h4,6,8-9H,3,5H2,1-2H3. The number of ether oxygens (including phenoxy) is 1. The number of aliphatic hydroxyl groups is 1. The lowest BCUT2D eigenvalue weighted by Crippen LogP contribution is -2.32. The van der Waals surface area contributed by atoms with Gasteiger partial charge in [-0.2, -0.15) is 0 Å². The summed E-state index contributed by atoms with van der Waals surface area (Å²) in [5, 5.41) is 8.77. The number of hydrogen-bond acceptors (Lipinski definition) is 4. The van der Waals surface area contributed by atoms with E-state index in [-0.39, 0.29) is 0 Å². The van der Waals surface area contributed by atoms with Gasteiger partial charge in [-0.05, 0) is 13.0 Å². The summed E-state index contributed by atoms with van der Waals surface area (Å²) in [4.78, 5) is 0. The van der Waals surface area contributed by atoms with Gasteiger partial charge in [0.15, 0.2) is 9.84 Å². The molecule has 0 saturated carbocycles. The minimum Gasteiger partial charge on any atom is -0.495 e. The van der Waals surface area contributed by atoms with Crippen LogP contribution in [0.4, 0.5) is 0 Å². The third-order valence-electron chi connectivity index (χ3n) is 2.14. The van der Waals surface area contributed by atoms with Crippen LogP contribution < -0.4 is 0 Å². The first kappa shape index (κ1) is 10.5. The van der Waals surface area contributed by atoms with Crippen molar-refractivity contribution in [2.45, 2.75) is 24.7 Å². The number of hydrogen-bond donors (Lipinski definition) is 1. The zero-order chi connectivity index (χ0) is 10.1. The molecule has 4 nitrogen and oxygen atoms in total. The molecule has 2 unspecified atom stereocenters. The Bertz CT molecular complexity index is 304. The molecule has 2 atom stereocenters. The molecule has 76 valence electrons. The fraction of sp³-hybridized carbons (Fsp3) is 0.750. The van der Waals surface area contributed by atoms with Crippen LogP contribution in [0.25, 0.3) is 0 Å². The SMILES string of the molecule is CC(C(O)C1=CCCO1)S(C)(=O)=O. The van der Waals surface area contributed by atoms with E-state index in [9.17, 15) is 13.5 Å². The van der Waals surface area contributed by atoms with Crippen molar-refractivity contribution < 1.29 is 18.3 Å². The molecule has 0 bridgehead atoms. The van der Waals surface area contributed by atoms with Crippen molar-refractivity contribution in [3.63, 3.8) is 0 Å². The Balaban J connectivity index is 2.72. The van der Waals surface area contributed by atoms with E-state index in [0.717, 1.165) is 12.7 Å². The molecule has 0 aromatic heterocycles. The quantitative estimate of drug-likeness (QED) is 0.710. The van der Waals surface area contributed by atoms with E-state index in [0.29, 0.717) is 12.4 Å². The zero-order valence-corrected chi connectivity index (χ0v) is 8.54. The van der Waals surface area contributed by atoms with E-state index in [2.05, 4.69) is 0 Å². The molecular formula is C8H14O4S. The summed E-state index contributed by atoms with van der Waals surface area (Å²) >= 11 is 0. The summed E-state index contributed by atoms with van der Waals surface area (Å²) in [6.45, 7) is 2.01. The van der Waals surface area contributed by atoms with E-state index >= 15 is 0 Å². The molecule has 1 aliphatic heterocycles. The summed E-state index contributed by atoms with van der Waals surface area (Å²) < 4.78 is 27.3. The molecule has 0 fully saturated rings. The van der Waals surface area contributed by atoms with Gasteiger partial charge in [-0.15, -0.1) is 0 Å². The summed E-state index contributed by atoms with van der Waals surface area (Å²) in [6, 6.07) is 0. The molecule has 13 heavy (non-hydrogen) atoms. The van der Waals surface area contributed by atoms with Crippen LogP contribution in [0.2, 0.25) is 0 Å². The normalized spacial score (nSPS) is 21.9. The third kappa shape index (κ3) is 2.45. The Hall–Kier alpha value is -0.550. The largest absolute Gasteiger partial charge is 0.495 e. The van der Waals surface area contributed by atoms with Gasteiger partial charge in [-0.3, -0.25) is 0 Å². The minimum absolute atomic E-state index is 0.387. The maximum atomic E-state index is 11.1. The van der Waals surface area contributed by atoms with Gasteiger partial charge in [0.25, 0.3) is 0 Å². The van der Waals surface area contributed by atoms with Crippen molar-refractivity contribution in [3.05, 3.63) is 11.8 Å². The first-order valence-electron chi connectivity index (χ1n) is 4.12. The van der Waals surface area contributed by atoms with Gasteiger partial charge in [0.2, 0.25) is 0 Å². The number of rotatable bonds is 3. The van der Waals surface area contributed by atoms with Crippen LogP contribution in [-0.2, 0) is 14.6 Å². The Morgan fingerprint density at radius 1 is 1.62 bits per heavy atom. The van der Waals surface area contributed by atoms with Crippen LogP contribution in [0.15, 0.2) is 11.8 Å². The van der Waals surface area contributed by atoms with Gasteiger partial charge >= 0.3 is 0 Å². The highest BCUT2D eigenvalue weighted by atomic mass is 32.2. The summed E-state index contributed by atoms with van der Waals surface area (Å²) in [5.41, 5.74) is 0. The minimum atomic E-state index is -3.21. The molecule has 5 heteroatoms. The lowest BCUT2D eigenvalue weighted by Gasteiger charge is -2.17. The van der Waals surface area contributed by atoms with Crippen LogP contribution >= 0.6 is 0 Å². The maximum absolute atomic E-state index is 11.1. The van der Waals surface area contributed by atoms with Crippen molar-refractivity contribution in [1.82, 2.24) is 0 Å². The second-order valence-corrected chi connectivity index (χ2v) is 5.63. The smallest absolute Gasteiger partial charge is 0.153 e. The van der Waals surface area contributed by atoms with Crippen LogP contribution in [0, 0.1) is 0 Å². The van der Waals surface area contributed by atoms with E-state index in [4.69, 9.17) is 4.74 Å². The Morgan fingerprint density at radius 3 is 2.62 bits per heavy atom. The molecule has 0 aromatic rings. The van der Waals surface area contributed by atoms with Crippen LogP contribution in [-0.4, -0.2) is 37.7 Å². The summed E-state index contributed by atoms with van der Waals surface area (Å²) in [6.07, 6.45) is 2.54. The van der Waals surface area contributed by atoms with Gasteiger partial charge in [-0.1, -0.05) is 0 Å². The van der Waals surface area contributed by atoms with Gasteiger partial charge < -0.3 is 9.84 Å². The van der Waals surface area contributed by atoms with E-state index in [1.165, 1.54) is 6.92 Å². The van der Waals surface area contributed by atoms with E-state index in [1.54, 1.807) is 6.08 Å². The molecule has 0 aromatic carbocycles. The van der Waals surface area contributed by atoms with Gasteiger partial charge in [0.05, 0.1) is 11.9 Å². The molecule has 0 radical (unpaired) electrons. The first-order valence-corrected chi connectivity index (χ1v) is 6.08. The molecule has 1 aliphatic rings. The topological polar surface area (TPSA) is 63.6 Å². The van der Waals surface area contributed by atoms with Crippen LogP contribution in [0.5, 0.6) is 0 Å². The lowest BCUT2D eigenvalue weighted by molar-refractivity contribution is 0.117. The molecular weight excluding hydrogens is 192 g/mol. The van der Waals surface area contributed by atoms with Crippen molar-refractivity contribution in [2.75, 3.05) is 12.9 Å². The monoisotopic (exact) mass is 206 g/mol. The van der Waals surface area contributed by atoms with Crippen molar-refractivity contribution in [1.29, 1.82) is 0 Å². The molecule has 1 N–H and O–H groups in total. The van der Waals surface area contributed by atoms with Gasteiger partial charge in [0, 0.05) is 12.7 Å². The lowest BCUT2D eigenvalue weighted by atomic mass is 10.2. The predicted molar refractivity (Wildman–Crippen MR) is 49.0 cm³/mol. The van der Waals surface area contributed by atoms with Gasteiger partial charge in [-0.25, -0.2) is 8.42 Å². The van der Waals surface area contributed by atoms with Gasteiger partial charge in [0.1, 0.15) is 11.9 Å². The van der Waals surface area contributed by atoms with Crippen molar-refractivity contribution in [3.8, 4) is 0 Å². The highest BCUT2D eigenvalue weighted by Crippen LogP contribution is 2.18. The third-order valence-corrected chi connectivity index (χ3v) is 3.75. The average molecular weight is 206 g/mol. The predicted octanol–water partition coefficient (Wildman–Crippen LogP) is 0.0846. The number of sulfone groups is 1. The Morgan fingerprint density at radius 2 is 2.23 bits per heavy atom. The van der Waals surface area contributed by atoms with E-state index < -0.39 is 21.2 Å². The fourth-order valence-corrected chi connectivity index (χ4v) is 1.71. The second-order valence-electron chi connectivity index (χ2n) is 3.22. The average Bonchev–Trinajstić information content (AvgIpc) is 2.51. The molecule has 1 heterocycles. The van der Waals surface area contributed by atoms with Crippen LogP contribution in [0.1, 0.15) is 13.3 Å². The molecule has 0 saturated heterocycles. The fourth-order valence-electron chi connectivity index (χ4n) is 1.11. The van der Waals surface area contributed by atoms with Crippen molar-refractivity contribution >= 4 is 9.84 Å². The molecule has 0 spiro atoms. The summed E-state index contributed by atoms with van der Waals surface area (Å²) in [7, 11) is -3.21. The van der Waals surface area contributed by atoms with E-state index in [1.807, 2.05) is 0 Å². The first-order chi connectivity index (χ1) is 5.93.